The van der Waals surface area contributed by atoms with E-state index in [-0.39, 0.29) is 35.5 Å². The van der Waals surface area contributed by atoms with Gasteiger partial charge in [0, 0.05) is 24.2 Å². The summed E-state index contributed by atoms with van der Waals surface area (Å²) in [6.45, 7) is 13.5. The van der Waals surface area contributed by atoms with Gasteiger partial charge in [0.25, 0.3) is 0 Å². The Bertz CT molecular complexity index is 2430. The van der Waals surface area contributed by atoms with Crippen molar-refractivity contribution in [2.75, 3.05) is 46.2 Å². The molecule has 0 aromatic heterocycles. The first-order chi connectivity index (χ1) is 49.0. The quantitative estimate of drug-likeness (QED) is 0.0245. The van der Waals surface area contributed by atoms with Crippen LogP contribution in [0.5, 0.6) is 0 Å². The first-order valence-corrected chi connectivity index (χ1v) is 41.8. The summed E-state index contributed by atoms with van der Waals surface area (Å²) in [7, 11) is 0. The molecule has 24 atom stereocenters. The van der Waals surface area contributed by atoms with Crippen LogP contribution in [0.25, 0.3) is 0 Å². The van der Waals surface area contributed by atoms with E-state index in [1.807, 2.05) is 0 Å². The summed E-state index contributed by atoms with van der Waals surface area (Å²) < 4.78 is 82.2. The van der Waals surface area contributed by atoms with Crippen molar-refractivity contribution in [3.05, 3.63) is 12.7 Å². The zero-order valence-corrected chi connectivity index (χ0v) is 61.7. The highest BCUT2D eigenvalue weighted by Gasteiger charge is 2.55. The fourth-order valence-electron chi connectivity index (χ4n) is 17.9. The normalized spacial score (nSPS) is 42.2. The number of esters is 3. The van der Waals surface area contributed by atoms with Crippen molar-refractivity contribution in [2.45, 2.75) is 400 Å². The molecule has 11 saturated heterocycles. The lowest BCUT2D eigenvalue weighted by Crippen LogP contribution is -2.47. The van der Waals surface area contributed by atoms with Crippen molar-refractivity contribution in [1.29, 1.82) is 0 Å². The van der Waals surface area contributed by atoms with Gasteiger partial charge in [0.15, 0.2) is 6.29 Å². The first kappa shape index (κ1) is 75.9. The largest absolute Gasteiger partial charge is 0.465 e. The SMILES string of the molecule is C1CC2OC2CC1C1OCC2(CCC3OC3C2)CO1.C1CCC2OC2C1.C=CC1CCC2OC2C1.CC1CO1.CCCCCCCCCCCCCCC1CO1.O=C(CCCCC(=O)OCC1CCC2OC2C1)OCC1CCC2OC2C1.O=C(OCC1CCC2OC2C1)C1CCC2OC2C1. The molecule has 0 amide bonds. The maximum Gasteiger partial charge on any atom is 0.309 e. The third-order valence-electron chi connectivity index (χ3n) is 25.5. The van der Waals surface area contributed by atoms with Gasteiger partial charge in [-0.2, -0.15) is 0 Å². The Morgan fingerprint density at radius 1 is 0.420 bits per heavy atom. The second-order valence-corrected chi connectivity index (χ2v) is 34.1. The van der Waals surface area contributed by atoms with Crippen LogP contribution in [-0.2, 0) is 85.4 Å². The average molecular weight is 1410 g/mol. The van der Waals surface area contributed by atoms with Crippen LogP contribution in [0.15, 0.2) is 12.7 Å². The smallest absolute Gasteiger partial charge is 0.309 e. The molecule has 19 aliphatic rings. The molecule has 568 valence electrons. The maximum absolute atomic E-state index is 12.0. The molecule has 18 nitrogen and oxygen atoms in total. The van der Waals surface area contributed by atoms with E-state index in [1.54, 1.807) is 0 Å². The minimum Gasteiger partial charge on any atom is -0.465 e. The fraction of sp³-hybridized carbons (Fsp3) is 0.939. The van der Waals surface area contributed by atoms with E-state index in [9.17, 15) is 14.4 Å². The van der Waals surface area contributed by atoms with E-state index in [4.69, 9.17) is 71.1 Å². The van der Waals surface area contributed by atoms with Gasteiger partial charge in [-0.25, -0.2) is 0 Å². The number of unbranched alkanes of at least 4 members (excludes halogenated alkanes) is 12. The highest BCUT2D eigenvalue weighted by atomic mass is 16.7. The zero-order chi connectivity index (χ0) is 68.6. The van der Waals surface area contributed by atoms with Gasteiger partial charge in [0.05, 0.1) is 162 Å². The molecule has 1 spiro atoms. The third kappa shape index (κ3) is 26.0. The summed E-state index contributed by atoms with van der Waals surface area (Å²) in [5.74, 6) is 2.50. The summed E-state index contributed by atoms with van der Waals surface area (Å²) >= 11 is 0. The lowest BCUT2D eigenvalue weighted by atomic mass is 9.74. The number of rotatable bonds is 27. The third-order valence-corrected chi connectivity index (χ3v) is 25.5. The van der Waals surface area contributed by atoms with Gasteiger partial charge >= 0.3 is 17.9 Å². The lowest BCUT2D eigenvalue weighted by molar-refractivity contribution is -0.257. The minimum atomic E-state index is -0.154. The molecule has 19 rings (SSSR count). The van der Waals surface area contributed by atoms with Crippen LogP contribution in [0.4, 0.5) is 0 Å². The monoisotopic (exact) mass is 1400 g/mol. The van der Waals surface area contributed by atoms with E-state index in [2.05, 4.69) is 26.5 Å². The molecular formula is C82H132O18. The van der Waals surface area contributed by atoms with Crippen molar-refractivity contribution in [3.8, 4) is 0 Å². The van der Waals surface area contributed by atoms with Crippen LogP contribution in [0.1, 0.15) is 284 Å². The van der Waals surface area contributed by atoms with Gasteiger partial charge in [0.2, 0.25) is 0 Å². The van der Waals surface area contributed by atoms with Gasteiger partial charge in [-0.3, -0.25) is 14.4 Å². The molecule has 0 radical (unpaired) electrons. The number of fused-ring (bicyclic) bond motifs is 8. The molecule has 11 aliphatic heterocycles. The van der Waals surface area contributed by atoms with Crippen molar-refractivity contribution >= 4 is 17.9 Å². The van der Waals surface area contributed by atoms with Crippen molar-refractivity contribution in [3.63, 3.8) is 0 Å². The van der Waals surface area contributed by atoms with Crippen molar-refractivity contribution < 1.29 is 85.4 Å². The minimum absolute atomic E-state index is 0.00258. The van der Waals surface area contributed by atoms with E-state index in [1.165, 1.54) is 154 Å². The number of hydrogen-bond donors (Lipinski definition) is 0. The molecule has 0 bridgehead atoms. The summed E-state index contributed by atoms with van der Waals surface area (Å²) in [6, 6.07) is 0. The topological polar surface area (TPSA) is 223 Å². The Kier molecular flexibility index (Phi) is 28.8. The number of carbonyl (C=O) groups excluding carboxylic acids is 3. The lowest BCUT2D eigenvalue weighted by Gasteiger charge is -2.43. The molecule has 0 aromatic carbocycles. The van der Waals surface area contributed by atoms with E-state index in [0.717, 1.165) is 122 Å². The predicted molar refractivity (Wildman–Crippen MR) is 376 cm³/mol. The average Bonchev–Trinajstić information content (AvgIpc) is 1.55. The van der Waals surface area contributed by atoms with Crippen molar-refractivity contribution in [2.24, 2.45) is 40.9 Å². The molecule has 11 heterocycles. The molecule has 19 fully saturated rings. The Labute approximate surface area is 600 Å². The fourth-order valence-corrected chi connectivity index (χ4v) is 17.9. The molecular weight excluding hydrogens is 1270 g/mol. The van der Waals surface area contributed by atoms with Crippen LogP contribution >= 0.6 is 0 Å². The number of hydrogen-bond acceptors (Lipinski definition) is 18. The highest BCUT2D eigenvalue weighted by molar-refractivity contribution is 5.73. The second-order valence-electron chi connectivity index (χ2n) is 34.1. The van der Waals surface area contributed by atoms with E-state index in [0.29, 0.717) is 179 Å². The van der Waals surface area contributed by atoms with Crippen LogP contribution in [0.2, 0.25) is 0 Å². The van der Waals surface area contributed by atoms with Gasteiger partial charge < -0.3 is 71.1 Å². The maximum atomic E-state index is 12.0. The molecule has 24 unspecified atom stereocenters. The Hall–Kier alpha value is -2.33. The predicted octanol–water partition coefficient (Wildman–Crippen LogP) is 15.2. The molecule has 8 saturated carbocycles. The Balaban J connectivity index is 0.000000110. The summed E-state index contributed by atoms with van der Waals surface area (Å²) in [4.78, 5) is 35.6. The standard InChI is InChI=1S/C20H30O6.C16H32O.C15H22O4.C14H20O4.C8H12O.C6H10O.C3H6O/c21-19(23-11-13-5-7-15-17(9-13)25-15)3-1-2-4-20(22)24-12-14-6-8-16-18(10-14)26-16;1-2-3-4-5-6-7-8-9-10-11-12-13-14-16-15-17-16;1-2-10-12(18-10)5-9(1)14-16-7-15(8-17-14)4-3-11-13(6-15)19-11;15-14(9-2-4-11-13(6-9)18-11)16-7-8-1-3-10-12(5-8)17-10;1-2-6-3-4-7-8(5-6)9-7;1-2-4-6-5(3-1)7-6;1-3-2-4-3/h13-18H,1-12H2;16H,2-15H2,1H3;9-14H,1-8H2;8-13H,1-7H2;2,6-8H,1,3-5H2;5-6H,1-4H2;3H,2H2,1H3. The van der Waals surface area contributed by atoms with E-state index < -0.39 is 0 Å². The van der Waals surface area contributed by atoms with Crippen LogP contribution in [0.3, 0.4) is 0 Å². The molecule has 8 aliphatic carbocycles. The summed E-state index contributed by atoms with van der Waals surface area (Å²) in [5.41, 5.74) is 0.251. The van der Waals surface area contributed by atoms with Crippen LogP contribution < -0.4 is 0 Å². The number of carbonyl (C=O) groups is 3. The van der Waals surface area contributed by atoms with Gasteiger partial charge in [-0.05, 0) is 198 Å². The van der Waals surface area contributed by atoms with Crippen LogP contribution in [-0.4, -0.2) is 180 Å². The Morgan fingerprint density at radius 2 is 0.840 bits per heavy atom. The number of allylic oxidation sites excluding steroid dienone is 1. The van der Waals surface area contributed by atoms with Gasteiger partial charge in [-0.1, -0.05) is 103 Å². The summed E-state index contributed by atoms with van der Waals surface area (Å²) in [5, 5.41) is 0. The van der Waals surface area contributed by atoms with Gasteiger partial charge in [0.1, 0.15) is 0 Å². The molecule has 18 heteroatoms. The summed E-state index contributed by atoms with van der Waals surface area (Å²) in [6.07, 6.45) is 61.5. The molecule has 0 aromatic rings. The molecule has 100 heavy (non-hydrogen) atoms. The van der Waals surface area contributed by atoms with Crippen LogP contribution in [0, 0.1) is 40.9 Å². The second kappa shape index (κ2) is 38.0. The zero-order valence-electron chi connectivity index (χ0n) is 61.7. The first-order valence-electron chi connectivity index (χ1n) is 41.8. The molecule has 0 N–H and O–H groups in total. The van der Waals surface area contributed by atoms with Crippen molar-refractivity contribution in [1.82, 2.24) is 0 Å². The highest BCUT2D eigenvalue weighted by Crippen LogP contribution is 2.51. The Morgan fingerprint density at radius 3 is 1.29 bits per heavy atom. The number of ether oxygens (including phenoxy) is 15. The van der Waals surface area contributed by atoms with Gasteiger partial charge in [-0.15, -0.1) is 6.58 Å². The number of epoxide rings is 10. The van der Waals surface area contributed by atoms with E-state index >= 15 is 0 Å².